The molecule has 0 unspecified atom stereocenters. The van der Waals surface area contributed by atoms with Gasteiger partial charge in [0.2, 0.25) is 11.9 Å². The maximum Gasteiger partial charge on any atom is 0.220 e. The van der Waals surface area contributed by atoms with Gasteiger partial charge in [0.25, 0.3) is 0 Å². The third-order valence-corrected chi connectivity index (χ3v) is 5.80. The first kappa shape index (κ1) is 16.8. The van der Waals surface area contributed by atoms with Crippen molar-refractivity contribution in [1.82, 2.24) is 0 Å². The van der Waals surface area contributed by atoms with Gasteiger partial charge in [0, 0.05) is 11.9 Å². The molecule has 1 heterocycles. The molecular weight excluding hydrogens is 326 g/mol. The van der Waals surface area contributed by atoms with E-state index in [4.69, 9.17) is 11.5 Å². The van der Waals surface area contributed by atoms with Gasteiger partial charge in [-0.25, -0.2) is 13.4 Å². The molecular formula is C16H23N5O2S. The van der Waals surface area contributed by atoms with Crippen LogP contribution in [-0.2, 0) is 9.84 Å². The average Bonchev–Trinajstić information content (AvgIpc) is 2.47. The molecule has 1 aromatic carbocycles. The van der Waals surface area contributed by atoms with Crippen molar-refractivity contribution < 1.29 is 8.42 Å². The zero-order chi connectivity index (χ0) is 17.5. The second kappa shape index (κ2) is 5.77. The SMILES string of the molecule is Cc1cc(S(C)(=O)=O)ccc1N1C(N)=NC(N)=NC12CCCCC2. The van der Waals surface area contributed by atoms with E-state index in [0.29, 0.717) is 5.96 Å². The molecule has 0 saturated heterocycles. The highest BCUT2D eigenvalue weighted by molar-refractivity contribution is 7.90. The van der Waals surface area contributed by atoms with Crippen LogP contribution in [0.1, 0.15) is 37.7 Å². The number of hydrogen-bond acceptors (Lipinski definition) is 7. The molecule has 1 spiro atoms. The van der Waals surface area contributed by atoms with Crippen molar-refractivity contribution in [1.29, 1.82) is 0 Å². The number of hydrogen-bond donors (Lipinski definition) is 2. The lowest BCUT2D eigenvalue weighted by atomic mass is 9.87. The fraction of sp³-hybridized carbons (Fsp3) is 0.500. The monoisotopic (exact) mass is 349 g/mol. The number of nitrogens with zero attached hydrogens (tertiary/aromatic N) is 3. The molecule has 1 aromatic rings. The molecule has 0 radical (unpaired) electrons. The molecule has 4 N–H and O–H groups in total. The molecule has 24 heavy (non-hydrogen) atoms. The Hall–Kier alpha value is -2.09. The number of nitrogens with two attached hydrogens (primary N) is 2. The Morgan fingerprint density at radius 1 is 1.17 bits per heavy atom. The van der Waals surface area contributed by atoms with Gasteiger partial charge in [0.15, 0.2) is 9.84 Å². The lowest BCUT2D eigenvalue weighted by Gasteiger charge is -2.46. The van der Waals surface area contributed by atoms with Crippen molar-refractivity contribution in [3.63, 3.8) is 0 Å². The zero-order valence-electron chi connectivity index (χ0n) is 14.0. The summed E-state index contributed by atoms with van der Waals surface area (Å²) in [5, 5.41) is 0. The van der Waals surface area contributed by atoms with Crippen molar-refractivity contribution in [2.75, 3.05) is 11.2 Å². The Balaban J connectivity index is 2.11. The van der Waals surface area contributed by atoms with Crippen LogP contribution in [-0.4, -0.2) is 32.3 Å². The fourth-order valence-electron chi connectivity index (χ4n) is 3.58. The topological polar surface area (TPSA) is 114 Å². The Bertz CT molecular complexity index is 823. The first-order valence-corrected chi connectivity index (χ1v) is 9.92. The van der Waals surface area contributed by atoms with Crippen molar-refractivity contribution >= 4 is 27.4 Å². The Morgan fingerprint density at radius 2 is 1.83 bits per heavy atom. The van der Waals surface area contributed by atoms with Gasteiger partial charge in [-0.3, -0.25) is 4.90 Å². The van der Waals surface area contributed by atoms with E-state index in [1.165, 1.54) is 6.26 Å². The number of sulfone groups is 1. The first-order chi connectivity index (χ1) is 11.2. The van der Waals surface area contributed by atoms with Crippen LogP contribution in [0.25, 0.3) is 0 Å². The summed E-state index contributed by atoms with van der Waals surface area (Å²) in [5.74, 6) is 0.510. The maximum absolute atomic E-state index is 11.8. The summed E-state index contributed by atoms with van der Waals surface area (Å²) in [4.78, 5) is 11.0. The molecule has 7 nitrogen and oxygen atoms in total. The van der Waals surface area contributed by atoms with Crippen molar-refractivity contribution in [3.8, 4) is 0 Å². The van der Waals surface area contributed by atoms with Crippen LogP contribution < -0.4 is 16.4 Å². The van der Waals surface area contributed by atoms with E-state index in [1.807, 2.05) is 11.8 Å². The van der Waals surface area contributed by atoms with Crippen LogP contribution in [0.2, 0.25) is 0 Å². The molecule has 0 atom stereocenters. The highest BCUT2D eigenvalue weighted by atomic mass is 32.2. The number of anilines is 1. The average molecular weight is 349 g/mol. The van der Waals surface area contributed by atoms with E-state index in [2.05, 4.69) is 9.98 Å². The van der Waals surface area contributed by atoms with E-state index in [1.54, 1.807) is 18.2 Å². The minimum atomic E-state index is -3.26. The van der Waals surface area contributed by atoms with Gasteiger partial charge in [0.05, 0.1) is 4.90 Å². The van der Waals surface area contributed by atoms with Gasteiger partial charge >= 0.3 is 0 Å². The lowest BCUT2D eigenvalue weighted by molar-refractivity contribution is 0.305. The molecule has 0 amide bonds. The summed E-state index contributed by atoms with van der Waals surface area (Å²) in [6.07, 6.45) is 6.14. The van der Waals surface area contributed by atoms with E-state index >= 15 is 0 Å². The van der Waals surface area contributed by atoms with Crippen molar-refractivity contribution in [3.05, 3.63) is 23.8 Å². The molecule has 2 aliphatic rings. The molecule has 3 rings (SSSR count). The predicted octanol–water partition coefficient (Wildman–Crippen LogP) is 1.51. The number of aliphatic imine (C=N–C) groups is 2. The number of rotatable bonds is 2. The van der Waals surface area contributed by atoms with E-state index < -0.39 is 15.5 Å². The zero-order valence-corrected chi connectivity index (χ0v) is 14.8. The number of benzene rings is 1. The first-order valence-electron chi connectivity index (χ1n) is 8.03. The number of guanidine groups is 2. The van der Waals surface area contributed by atoms with Crippen LogP contribution in [0, 0.1) is 6.92 Å². The van der Waals surface area contributed by atoms with Gasteiger partial charge in [0.1, 0.15) is 5.66 Å². The van der Waals surface area contributed by atoms with Crippen LogP contribution in [0.4, 0.5) is 5.69 Å². The normalized spacial score (nSPS) is 20.7. The molecule has 130 valence electrons. The van der Waals surface area contributed by atoms with Crippen LogP contribution in [0.5, 0.6) is 0 Å². The van der Waals surface area contributed by atoms with Crippen molar-refractivity contribution in [2.24, 2.45) is 21.5 Å². The number of aryl methyl sites for hydroxylation is 1. The van der Waals surface area contributed by atoms with Gasteiger partial charge in [-0.1, -0.05) is 6.42 Å². The van der Waals surface area contributed by atoms with Gasteiger partial charge in [-0.2, -0.15) is 4.99 Å². The molecule has 1 aliphatic heterocycles. The minimum absolute atomic E-state index is 0.205. The van der Waals surface area contributed by atoms with E-state index in [-0.39, 0.29) is 10.9 Å². The lowest BCUT2D eigenvalue weighted by Crippen LogP contribution is -2.58. The van der Waals surface area contributed by atoms with Crippen LogP contribution >= 0.6 is 0 Å². The molecule has 8 heteroatoms. The van der Waals surface area contributed by atoms with Gasteiger partial charge < -0.3 is 11.5 Å². The molecule has 1 fully saturated rings. The molecule has 0 aromatic heterocycles. The molecule has 1 saturated carbocycles. The van der Waals surface area contributed by atoms with Gasteiger partial charge in [-0.05, 0) is 56.4 Å². The Morgan fingerprint density at radius 3 is 2.42 bits per heavy atom. The van der Waals surface area contributed by atoms with Crippen LogP contribution in [0.15, 0.2) is 33.1 Å². The quantitative estimate of drug-likeness (QED) is 0.840. The summed E-state index contributed by atoms with van der Waals surface area (Å²) in [7, 11) is -3.26. The molecule has 1 aliphatic carbocycles. The third kappa shape index (κ3) is 2.86. The third-order valence-electron chi connectivity index (χ3n) is 4.69. The summed E-state index contributed by atoms with van der Waals surface area (Å²) < 4.78 is 23.5. The fourth-order valence-corrected chi connectivity index (χ4v) is 4.29. The largest absolute Gasteiger partial charge is 0.369 e. The smallest absolute Gasteiger partial charge is 0.220 e. The standard InChI is InChI=1S/C16H23N5O2S/c1-11-10-12(24(2,22)23)6-7-13(11)21-15(18)19-14(17)20-16(21)8-4-3-5-9-16/h6-7,10H,3-5,8-9H2,1-2H3,(H4,17,18,19,20). The van der Waals surface area contributed by atoms with Crippen molar-refractivity contribution in [2.45, 2.75) is 49.6 Å². The summed E-state index contributed by atoms with van der Waals surface area (Å²) in [6, 6.07) is 5.04. The Kier molecular flexibility index (Phi) is 4.03. The summed E-state index contributed by atoms with van der Waals surface area (Å²) in [5.41, 5.74) is 13.2. The second-order valence-electron chi connectivity index (χ2n) is 6.54. The Labute approximate surface area is 142 Å². The van der Waals surface area contributed by atoms with Crippen LogP contribution in [0.3, 0.4) is 0 Å². The van der Waals surface area contributed by atoms with E-state index in [0.717, 1.165) is 43.4 Å². The predicted molar refractivity (Wildman–Crippen MR) is 95.8 cm³/mol. The summed E-state index contributed by atoms with van der Waals surface area (Å²) >= 11 is 0. The molecule has 0 bridgehead atoms. The highest BCUT2D eigenvalue weighted by Gasteiger charge is 2.43. The minimum Gasteiger partial charge on any atom is -0.369 e. The van der Waals surface area contributed by atoms with Gasteiger partial charge in [-0.15, -0.1) is 0 Å². The summed E-state index contributed by atoms with van der Waals surface area (Å²) in [6.45, 7) is 1.87. The van der Waals surface area contributed by atoms with E-state index in [9.17, 15) is 8.42 Å². The maximum atomic E-state index is 11.8. The second-order valence-corrected chi connectivity index (χ2v) is 8.55. The highest BCUT2D eigenvalue weighted by Crippen LogP contribution is 2.40.